The van der Waals surface area contributed by atoms with Gasteiger partial charge in [0.2, 0.25) is 0 Å². The van der Waals surface area contributed by atoms with Crippen LogP contribution in [0.15, 0.2) is 18.6 Å². The number of hydrogen-bond donors (Lipinski definition) is 0. The Morgan fingerprint density at radius 3 is 1.75 bits per heavy atom. The van der Waals surface area contributed by atoms with Crippen molar-refractivity contribution in [1.29, 1.82) is 0 Å². The first-order valence-corrected chi connectivity index (χ1v) is 9.36. The predicted octanol–water partition coefficient (Wildman–Crippen LogP) is 5.71. The van der Waals surface area contributed by atoms with Gasteiger partial charge in [-0.15, -0.1) is 0 Å². The molecule has 1 rings (SSSR count). The standard InChI is InChI=1S/C17H29BrN2/c18-13-11-9-7-5-3-1-2-4-6-8-10-12-17-16-19-14-15-20-17/h14-16H,1-13H2. The van der Waals surface area contributed by atoms with Gasteiger partial charge in [-0.25, -0.2) is 0 Å². The molecule has 0 aromatic carbocycles. The van der Waals surface area contributed by atoms with E-state index in [0.717, 1.165) is 12.1 Å². The van der Waals surface area contributed by atoms with Gasteiger partial charge in [-0.2, -0.15) is 0 Å². The summed E-state index contributed by atoms with van der Waals surface area (Å²) in [6.45, 7) is 0. The molecule has 0 spiro atoms. The van der Waals surface area contributed by atoms with Gasteiger partial charge in [-0.1, -0.05) is 73.7 Å². The molecule has 2 nitrogen and oxygen atoms in total. The summed E-state index contributed by atoms with van der Waals surface area (Å²) in [6.07, 6.45) is 21.7. The molecule has 1 aromatic rings. The highest BCUT2D eigenvalue weighted by atomic mass is 79.9. The second kappa shape index (κ2) is 13.5. The van der Waals surface area contributed by atoms with Crippen molar-refractivity contribution in [3.05, 3.63) is 24.3 Å². The molecule has 0 fully saturated rings. The number of unbranched alkanes of at least 4 members (excludes halogenated alkanes) is 10. The van der Waals surface area contributed by atoms with E-state index in [1.165, 1.54) is 76.0 Å². The van der Waals surface area contributed by atoms with Crippen molar-refractivity contribution < 1.29 is 0 Å². The van der Waals surface area contributed by atoms with E-state index in [-0.39, 0.29) is 0 Å². The molecule has 0 saturated carbocycles. The van der Waals surface area contributed by atoms with E-state index in [9.17, 15) is 0 Å². The van der Waals surface area contributed by atoms with E-state index in [4.69, 9.17) is 0 Å². The maximum absolute atomic E-state index is 4.30. The van der Waals surface area contributed by atoms with Crippen LogP contribution in [-0.4, -0.2) is 15.3 Å². The van der Waals surface area contributed by atoms with Crippen molar-refractivity contribution in [3.63, 3.8) is 0 Å². The Hall–Kier alpha value is -0.440. The van der Waals surface area contributed by atoms with Gasteiger partial charge in [-0.05, 0) is 19.3 Å². The zero-order valence-electron chi connectivity index (χ0n) is 12.7. The number of rotatable bonds is 13. The maximum atomic E-state index is 4.30. The summed E-state index contributed by atoms with van der Waals surface area (Å²) in [5, 5.41) is 1.17. The SMILES string of the molecule is BrCCCCCCCCCCCCCc1cnccn1. The molecule has 0 radical (unpaired) electrons. The Morgan fingerprint density at radius 1 is 0.700 bits per heavy atom. The zero-order valence-corrected chi connectivity index (χ0v) is 14.3. The van der Waals surface area contributed by atoms with Gasteiger partial charge in [0.25, 0.3) is 0 Å². The minimum atomic E-state index is 1.08. The van der Waals surface area contributed by atoms with Crippen LogP contribution < -0.4 is 0 Å². The first-order valence-electron chi connectivity index (χ1n) is 8.24. The quantitative estimate of drug-likeness (QED) is 0.339. The molecule has 0 atom stereocenters. The third-order valence-electron chi connectivity index (χ3n) is 3.68. The molecule has 0 aliphatic carbocycles. The van der Waals surface area contributed by atoms with Crippen molar-refractivity contribution in [2.24, 2.45) is 0 Å². The first-order chi connectivity index (χ1) is 9.93. The van der Waals surface area contributed by atoms with Crippen LogP contribution in [0.4, 0.5) is 0 Å². The van der Waals surface area contributed by atoms with E-state index >= 15 is 0 Å². The van der Waals surface area contributed by atoms with E-state index in [1.54, 1.807) is 12.4 Å². The van der Waals surface area contributed by atoms with E-state index in [1.807, 2.05) is 6.20 Å². The van der Waals surface area contributed by atoms with Crippen LogP contribution in [0.2, 0.25) is 0 Å². The molecule has 0 aliphatic heterocycles. The van der Waals surface area contributed by atoms with Gasteiger partial charge in [-0.3, -0.25) is 9.97 Å². The molecule has 3 heteroatoms. The molecule has 20 heavy (non-hydrogen) atoms. The molecular formula is C17H29BrN2. The molecule has 0 N–H and O–H groups in total. The highest BCUT2D eigenvalue weighted by Gasteiger charge is 1.95. The van der Waals surface area contributed by atoms with E-state index in [0.29, 0.717) is 0 Å². The number of aryl methyl sites for hydroxylation is 1. The average Bonchev–Trinajstić information content (AvgIpc) is 2.49. The van der Waals surface area contributed by atoms with Crippen LogP contribution in [0.25, 0.3) is 0 Å². The summed E-state index contributed by atoms with van der Waals surface area (Å²) < 4.78 is 0. The number of nitrogens with zero attached hydrogens (tertiary/aromatic N) is 2. The Balaban J connectivity index is 1.77. The lowest BCUT2D eigenvalue weighted by Crippen LogP contribution is -1.90. The molecular weight excluding hydrogens is 312 g/mol. The predicted molar refractivity (Wildman–Crippen MR) is 90.3 cm³/mol. The third kappa shape index (κ3) is 10.4. The Kier molecular flexibility index (Phi) is 11.9. The van der Waals surface area contributed by atoms with Gasteiger partial charge in [0.15, 0.2) is 0 Å². The molecule has 1 aromatic heterocycles. The fraction of sp³-hybridized carbons (Fsp3) is 0.765. The van der Waals surface area contributed by atoms with Crippen LogP contribution in [0.3, 0.4) is 0 Å². The van der Waals surface area contributed by atoms with Gasteiger partial charge < -0.3 is 0 Å². The van der Waals surface area contributed by atoms with Crippen molar-refractivity contribution in [2.45, 2.75) is 77.0 Å². The van der Waals surface area contributed by atoms with Crippen molar-refractivity contribution in [1.82, 2.24) is 9.97 Å². The Bertz CT molecular complexity index is 303. The lowest BCUT2D eigenvalue weighted by atomic mass is 10.0. The second-order valence-electron chi connectivity index (χ2n) is 5.52. The van der Waals surface area contributed by atoms with Crippen LogP contribution in [-0.2, 0) is 6.42 Å². The molecule has 0 amide bonds. The summed E-state index contributed by atoms with van der Waals surface area (Å²) in [4.78, 5) is 8.40. The molecule has 1 heterocycles. The van der Waals surface area contributed by atoms with E-state index in [2.05, 4.69) is 25.9 Å². The lowest BCUT2D eigenvalue weighted by Gasteiger charge is -2.02. The summed E-state index contributed by atoms with van der Waals surface area (Å²) in [7, 11) is 0. The monoisotopic (exact) mass is 340 g/mol. The molecule has 0 bridgehead atoms. The van der Waals surface area contributed by atoms with Gasteiger partial charge in [0.05, 0.1) is 5.69 Å². The number of alkyl halides is 1. The maximum Gasteiger partial charge on any atom is 0.0586 e. The van der Waals surface area contributed by atoms with Crippen LogP contribution in [0.5, 0.6) is 0 Å². The molecule has 0 aliphatic rings. The fourth-order valence-electron chi connectivity index (χ4n) is 2.45. The van der Waals surface area contributed by atoms with Crippen LogP contribution in [0, 0.1) is 0 Å². The molecule has 0 saturated heterocycles. The van der Waals surface area contributed by atoms with Crippen LogP contribution >= 0.6 is 15.9 Å². The summed E-state index contributed by atoms with van der Waals surface area (Å²) in [5.41, 5.74) is 1.14. The lowest BCUT2D eigenvalue weighted by molar-refractivity contribution is 0.549. The topological polar surface area (TPSA) is 25.8 Å². The van der Waals surface area contributed by atoms with Crippen molar-refractivity contribution in [2.75, 3.05) is 5.33 Å². The highest BCUT2D eigenvalue weighted by molar-refractivity contribution is 9.09. The second-order valence-corrected chi connectivity index (χ2v) is 6.32. The smallest absolute Gasteiger partial charge is 0.0586 e. The van der Waals surface area contributed by atoms with Gasteiger partial charge in [0.1, 0.15) is 0 Å². The van der Waals surface area contributed by atoms with Gasteiger partial charge >= 0.3 is 0 Å². The van der Waals surface area contributed by atoms with Crippen molar-refractivity contribution in [3.8, 4) is 0 Å². The average molecular weight is 341 g/mol. The van der Waals surface area contributed by atoms with Crippen LogP contribution in [0.1, 0.15) is 76.3 Å². The molecule has 114 valence electrons. The normalized spacial score (nSPS) is 10.8. The highest BCUT2D eigenvalue weighted by Crippen LogP contribution is 2.12. The summed E-state index contributed by atoms with van der Waals surface area (Å²) in [6, 6.07) is 0. The first kappa shape index (κ1) is 17.6. The van der Waals surface area contributed by atoms with E-state index < -0.39 is 0 Å². The zero-order chi connectivity index (χ0) is 14.3. The summed E-state index contributed by atoms with van der Waals surface area (Å²) >= 11 is 3.48. The summed E-state index contributed by atoms with van der Waals surface area (Å²) in [5.74, 6) is 0. The minimum Gasteiger partial charge on any atom is -0.261 e. The largest absolute Gasteiger partial charge is 0.261 e. The minimum absolute atomic E-state index is 1.08. The van der Waals surface area contributed by atoms with Crippen molar-refractivity contribution >= 4 is 15.9 Å². The third-order valence-corrected chi connectivity index (χ3v) is 4.24. The molecule has 0 unspecified atom stereocenters. The number of aromatic nitrogens is 2. The Labute approximate surface area is 132 Å². The fourth-order valence-corrected chi connectivity index (χ4v) is 2.85. The number of halogens is 1. The Morgan fingerprint density at radius 2 is 1.25 bits per heavy atom. The number of hydrogen-bond acceptors (Lipinski definition) is 2. The van der Waals surface area contributed by atoms with Gasteiger partial charge in [0, 0.05) is 23.9 Å².